The number of nitrogens with one attached hydrogen (secondary N) is 2. The first kappa shape index (κ1) is 17.9. The summed E-state index contributed by atoms with van der Waals surface area (Å²) < 4.78 is 0. The summed E-state index contributed by atoms with van der Waals surface area (Å²) in [5.74, 6) is 1.07. The number of aryl methyl sites for hydroxylation is 2. The van der Waals surface area contributed by atoms with E-state index in [1.165, 1.54) is 0 Å². The second-order valence-electron chi connectivity index (χ2n) is 6.09. The van der Waals surface area contributed by atoms with Gasteiger partial charge in [0.25, 0.3) is 0 Å². The Labute approximate surface area is 157 Å². The summed E-state index contributed by atoms with van der Waals surface area (Å²) in [7, 11) is 0. The van der Waals surface area contributed by atoms with E-state index < -0.39 is 0 Å². The fourth-order valence-corrected chi connectivity index (χ4v) is 3.01. The average Bonchev–Trinajstić information content (AvgIpc) is 2.58. The minimum absolute atomic E-state index is 0.0168. The van der Waals surface area contributed by atoms with E-state index in [1.807, 2.05) is 38.1 Å². The molecule has 26 heavy (non-hydrogen) atoms. The largest absolute Gasteiger partial charge is 0.340 e. The number of carbonyl (C=O) groups excluding carboxylic acids is 1. The highest BCUT2D eigenvalue weighted by Crippen LogP contribution is 2.29. The molecule has 132 valence electrons. The predicted octanol–water partition coefficient (Wildman–Crippen LogP) is 5.44. The molecular weight excluding hydrogens is 348 g/mol. The van der Waals surface area contributed by atoms with E-state index in [0.29, 0.717) is 22.4 Å². The predicted molar refractivity (Wildman–Crippen MR) is 106 cm³/mol. The SMILES string of the molecule is CC(=O)c1cccc(Nc2ccnc(Nc3c(C)cc(C)cc3Cl)n2)c1. The Hall–Kier alpha value is -2.92. The number of ketones is 1. The van der Waals surface area contributed by atoms with Crippen molar-refractivity contribution in [3.05, 3.63) is 70.4 Å². The second kappa shape index (κ2) is 7.54. The number of hydrogen-bond donors (Lipinski definition) is 2. The summed E-state index contributed by atoms with van der Waals surface area (Å²) >= 11 is 6.34. The normalized spacial score (nSPS) is 10.5. The molecule has 1 aromatic heterocycles. The maximum absolute atomic E-state index is 11.5. The fourth-order valence-electron chi connectivity index (χ4n) is 2.64. The number of Topliss-reactive ketones (excluding diaryl/α,β-unsaturated/α-hetero) is 1. The number of aromatic nitrogens is 2. The summed E-state index contributed by atoms with van der Waals surface area (Å²) in [4.78, 5) is 20.2. The Balaban J connectivity index is 1.83. The van der Waals surface area contributed by atoms with Crippen LogP contribution in [0.25, 0.3) is 0 Å². The van der Waals surface area contributed by atoms with E-state index in [9.17, 15) is 4.79 Å². The van der Waals surface area contributed by atoms with Crippen LogP contribution < -0.4 is 10.6 Å². The average molecular weight is 367 g/mol. The lowest BCUT2D eigenvalue weighted by molar-refractivity contribution is 0.101. The molecule has 3 rings (SSSR count). The van der Waals surface area contributed by atoms with Crippen LogP contribution in [-0.4, -0.2) is 15.8 Å². The smallest absolute Gasteiger partial charge is 0.229 e. The number of benzene rings is 2. The highest BCUT2D eigenvalue weighted by atomic mass is 35.5. The van der Waals surface area contributed by atoms with Crippen LogP contribution in [0.4, 0.5) is 23.1 Å². The van der Waals surface area contributed by atoms with Crippen LogP contribution in [0, 0.1) is 13.8 Å². The Bertz CT molecular complexity index is 949. The van der Waals surface area contributed by atoms with Crippen LogP contribution in [-0.2, 0) is 0 Å². The number of rotatable bonds is 5. The van der Waals surface area contributed by atoms with Gasteiger partial charge in [-0.15, -0.1) is 0 Å². The van der Waals surface area contributed by atoms with Gasteiger partial charge in [0.1, 0.15) is 5.82 Å². The van der Waals surface area contributed by atoms with Gasteiger partial charge in [0, 0.05) is 17.4 Å². The van der Waals surface area contributed by atoms with Gasteiger partial charge < -0.3 is 10.6 Å². The van der Waals surface area contributed by atoms with Gasteiger partial charge in [-0.2, -0.15) is 4.98 Å². The molecule has 6 heteroatoms. The lowest BCUT2D eigenvalue weighted by atomic mass is 10.1. The molecule has 5 nitrogen and oxygen atoms in total. The quantitative estimate of drug-likeness (QED) is 0.589. The van der Waals surface area contributed by atoms with E-state index >= 15 is 0 Å². The molecule has 0 saturated heterocycles. The zero-order valence-corrected chi connectivity index (χ0v) is 15.6. The van der Waals surface area contributed by atoms with Gasteiger partial charge in [-0.1, -0.05) is 29.8 Å². The van der Waals surface area contributed by atoms with Crippen LogP contribution in [0.1, 0.15) is 28.4 Å². The number of carbonyl (C=O) groups is 1. The minimum Gasteiger partial charge on any atom is -0.340 e. The molecule has 0 fully saturated rings. The van der Waals surface area contributed by atoms with Crippen molar-refractivity contribution in [3.8, 4) is 0 Å². The van der Waals surface area contributed by atoms with Gasteiger partial charge in [0.05, 0.1) is 10.7 Å². The molecule has 0 bridgehead atoms. The van der Waals surface area contributed by atoms with Crippen LogP contribution in [0.15, 0.2) is 48.7 Å². The first-order valence-corrected chi connectivity index (χ1v) is 8.55. The third-order valence-corrected chi connectivity index (χ3v) is 4.16. The highest BCUT2D eigenvalue weighted by molar-refractivity contribution is 6.33. The second-order valence-corrected chi connectivity index (χ2v) is 6.50. The summed E-state index contributed by atoms with van der Waals surface area (Å²) in [6.45, 7) is 5.52. The fraction of sp³-hybridized carbons (Fsp3) is 0.150. The van der Waals surface area contributed by atoms with Crippen molar-refractivity contribution >= 4 is 40.5 Å². The Morgan fingerprint density at radius 3 is 2.62 bits per heavy atom. The van der Waals surface area contributed by atoms with Crippen molar-refractivity contribution < 1.29 is 4.79 Å². The Morgan fingerprint density at radius 2 is 1.88 bits per heavy atom. The van der Waals surface area contributed by atoms with Crippen molar-refractivity contribution in [2.45, 2.75) is 20.8 Å². The van der Waals surface area contributed by atoms with Crippen LogP contribution in [0.5, 0.6) is 0 Å². The molecule has 3 aromatic rings. The summed E-state index contributed by atoms with van der Waals surface area (Å²) in [6.07, 6.45) is 1.66. The van der Waals surface area contributed by atoms with Crippen molar-refractivity contribution in [2.75, 3.05) is 10.6 Å². The summed E-state index contributed by atoms with van der Waals surface area (Å²) in [5.41, 5.74) is 4.33. The van der Waals surface area contributed by atoms with Gasteiger partial charge in [-0.25, -0.2) is 4.98 Å². The topological polar surface area (TPSA) is 66.9 Å². The Kier molecular flexibility index (Phi) is 5.19. The molecule has 0 amide bonds. The monoisotopic (exact) mass is 366 g/mol. The summed E-state index contributed by atoms with van der Waals surface area (Å²) in [6, 6.07) is 13.0. The molecule has 0 aliphatic heterocycles. The molecule has 2 N–H and O–H groups in total. The number of anilines is 4. The van der Waals surface area contributed by atoms with Crippen molar-refractivity contribution in [3.63, 3.8) is 0 Å². The van der Waals surface area contributed by atoms with Crippen molar-refractivity contribution in [1.29, 1.82) is 0 Å². The van der Waals surface area contributed by atoms with Gasteiger partial charge in [0.15, 0.2) is 5.78 Å². The summed E-state index contributed by atoms with van der Waals surface area (Å²) in [5, 5.41) is 6.99. The van der Waals surface area contributed by atoms with E-state index in [4.69, 9.17) is 11.6 Å². The zero-order valence-electron chi connectivity index (χ0n) is 14.8. The molecule has 0 unspecified atom stereocenters. The van der Waals surface area contributed by atoms with Gasteiger partial charge in [-0.05, 0) is 56.2 Å². The molecule has 0 atom stereocenters. The number of hydrogen-bond acceptors (Lipinski definition) is 5. The maximum atomic E-state index is 11.5. The van der Waals surface area contributed by atoms with E-state index in [2.05, 4.69) is 20.6 Å². The molecule has 1 heterocycles. The minimum atomic E-state index is 0.0168. The van der Waals surface area contributed by atoms with Crippen LogP contribution in [0.3, 0.4) is 0 Å². The third kappa shape index (κ3) is 4.18. The molecule has 0 aliphatic rings. The highest BCUT2D eigenvalue weighted by Gasteiger charge is 2.08. The standard InChI is InChI=1S/C20H19ClN4O/c1-12-9-13(2)19(17(21)10-12)25-20-22-8-7-18(24-20)23-16-6-4-5-15(11-16)14(3)26/h4-11H,1-3H3,(H2,22,23,24,25). The third-order valence-electron chi connectivity index (χ3n) is 3.87. The van der Waals surface area contributed by atoms with Crippen LogP contribution in [0.2, 0.25) is 5.02 Å². The van der Waals surface area contributed by atoms with Crippen molar-refractivity contribution in [2.24, 2.45) is 0 Å². The van der Waals surface area contributed by atoms with E-state index in [-0.39, 0.29) is 5.78 Å². The van der Waals surface area contributed by atoms with E-state index in [1.54, 1.807) is 31.3 Å². The molecule has 2 aromatic carbocycles. The first-order chi connectivity index (χ1) is 12.4. The van der Waals surface area contributed by atoms with Crippen LogP contribution >= 0.6 is 11.6 Å². The van der Waals surface area contributed by atoms with Gasteiger partial charge in [-0.3, -0.25) is 4.79 Å². The molecular formula is C20H19ClN4O. The molecule has 0 radical (unpaired) electrons. The molecule has 0 saturated carbocycles. The lowest BCUT2D eigenvalue weighted by Gasteiger charge is -2.12. The van der Waals surface area contributed by atoms with E-state index in [0.717, 1.165) is 22.5 Å². The van der Waals surface area contributed by atoms with Gasteiger partial charge >= 0.3 is 0 Å². The molecule has 0 spiro atoms. The first-order valence-electron chi connectivity index (χ1n) is 8.17. The lowest BCUT2D eigenvalue weighted by Crippen LogP contribution is -2.02. The number of nitrogens with zero attached hydrogens (tertiary/aromatic N) is 2. The maximum Gasteiger partial charge on any atom is 0.229 e. The Morgan fingerprint density at radius 1 is 1.08 bits per heavy atom. The zero-order chi connectivity index (χ0) is 18.7. The number of halogens is 1. The van der Waals surface area contributed by atoms with Gasteiger partial charge in [0.2, 0.25) is 5.95 Å². The van der Waals surface area contributed by atoms with Crippen molar-refractivity contribution in [1.82, 2.24) is 9.97 Å². The molecule has 0 aliphatic carbocycles.